The van der Waals surface area contributed by atoms with Crippen LogP contribution in [0.2, 0.25) is 0 Å². The molecule has 1 aliphatic heterocycles. The van der Waals surface area contributed by atoms with E-state index in [0.717, 1.165) is 18.3 Å². The van der Waals surface area contributed by atoms with E-state index in [2.05, 4.69) is 30.5 Å². The lowest BCUT2D eigenvalue weighted by Crippen LogP contribution is -2.37. The molecule has 2 aromatic carbocycles. The molecule has 3 heterocycles. The first-order valence-corrected chi connectivity index (χ1v) is 13.6. The van der Waals surface area contributed by atoms with Gasteiger partial charge in [0.25, 0.3) is 5.95 Å². The molecule has 13 heteroatoms. The number of benzene rings is 2. The third kappa shape index (κ3) is 7.41. The number of alkyl halides is 3. The molecule has 0 bridgehead atoms. The summed E-state index contributed by atoms with van der Waals surface area (Å²) in [6.07, 6.45) is -3.52. The zero-order chi connectivity index (χ0) is 30.6. The number of azo groups is 1. The zero-order valence-corrected chi connectivity index (χ0v) is 23.4. The maximum atomic E-state index is 14.3. The van der Waals surface area contributed by atoms with Gasteiger partial charge >= 0.3 is 6.18 Å². The van der Waals surface area contributed by atoms with Crippen molar-refractivity contribution in [1.29, 1.82) is 0 Å². The standard InChI is InChI=1S/C30H29F4N7O2/c1-18(2)27-26(37-23-13-20(12-21(15-23)30(32,33)34)19-4-3-5-24(42)14-19)7-6-22(38-27)16-36-40-29-35-17-25(31)28(39-29)41-8-10-43-11-9-41/h3-7,12-15,17-18,37,42H,8-11,16H2,1-2H3. The fourth-order valence-electron chi connectivity index (χ4n) is 4.59. The van der Waals surface area contributed by atoms with Crippen LogP contribution < -0.4 is 10.2 Å². The lowest BCUT2D eigenvalue weighted by molar-refractivity contribution is -0.137. The second-order valence-corrected chi connectivity index (χ2v) is 10.2. The molecule has 1 aliphatic rings. The van der Waals surface area contributed by atoms with Gasteiger partial charge in [-0.1, -0.05) is 26.0 Å². The van der Waals surface area contributed by atoms with Gasteiger partial charge in [0.15, 0.2) is 11.6 Å². The van der Waals surface area contributed by atoms with Gasteiger partial charge in [-0.05, 0) is 59.5 Å². The number of morpholine rings is 1. The van der Waals surface area contributed by atoms with Crippen molar-refractivity contribution in [1.82, 2.24) is 15.0 Å². The number of halogens is 4. The molecule has 0 spiro atoms. The minimum absolute atomic E-state index is 0.0114. The molecule has 2 aromatic heterocycles. The minimum atomic E-state index is -4.57. The normalized spacial score (nSPS) is 14.1. The Kier molecular flexibility index (Phi) is 8.81. The molecule has 224 valence electrons. The second kappa shape index (κ2) is 12.7. The highest BCUT2D eigenvalue weighted by atomic mass is 19.4. The number of phenols is 1. The Balaban J connectivity index is 1.37. The smallest absolute Gasteiger partial charge is 0.416 e. The highest BCUT2D eigenvalue weighted by Crippen LogP contribution is 2.37. The summed E-state index contributed by atoms with van der Waals surface area (Å²) in [4.78, 5) is 14.5. The van der Waals surface area contributed by atoms with Gasteiger partial charge < -0.3 is 20.1 Å². The third-order valence-electron chi connectivity index (χ3n) is 6.66. The maximum Gasteiger partial charge on any atom is 0.416 e. The summed E-state index contributed by atoms with van der Waals surface area (Å²) in [5.74, 6) is -0.525. The molecular formula is C30H29F4N7O2. The molecule has 1 saturated heterocycles. The quantitative estimate of drug-likeness (QED) is 0.162. The van der Waals surface area contributed by atoms with E-state index >= 15 is 0 Å². The molecule has 43 heavy (non-hydrogen) atoms. The van der Waals surface area contributed by atoms with Crippen molar-refractivity contribution in [2.24, 2.45) is 10.2 Å². The van der Waals surface area contributed by atoms with Crippen LogP contribution in [-0.2, 0) is 17.5 Å². The summed E-state index contributed by atoms with van der Waals surface area (Å²) in [6.45, 7) is 5.88. The molecule has 0 atom stereocenters. The maximum absolute atomic E-state index is 14.3. The number of phenolic OH excluding ortho intramolecular Hbond substituents is 1. The van der Waals surface area contributed by atoms with Gasteiger partial charge in [-0.2, -0.15) is 23.3 Å². The Morgan fingerprint density at radius 3 is 2.53 bits per heavy atom. The van der Waals surface area contributed by atoms with E-state index in [1.165, 1.54) is 12.1 Å². The van der Waals surface area contributed by atoms with Crippen LogP contribution >= 0.6 is 0 Å². The van der Waals surface area contributed by atoms with Crippen molar-refractivity contribution in [3.8, 4) is 16.9 Å². The van der Waals surface area contributed by atoms with Crippen molar-refractivity contribution in [2.75, 3.05) is 36.5 Å². The molecular weight excluding hydrogens is 566 g/mol. The topological polar surface area (TPSA) is 108 Å². The Hall–Kier alpha value is -4.65. The molecule has 0 radical (unpaired) electrons. The Labute approximate surface area is 245 Å². The molecule has 2 N–H and O–H groups in total. The van der Waals surface area contributed by atoms with Crippen molar-refractivity contribution in [3.05, 3.63) is 83.6 Å². The van der Waals surface area contributed by atoms with Crippen LogP contribution in [0.4, 0.5) is 40.7 Å². The predicted molar refractivity (Wildman–Crippen MR) is 153 cm³/mol. The third-order valence-corrected chi connectivity index (χ3v) is 6.66. The Bertz CT molecular complexity index is 1620. The number of aromatic hydroxyl groups is 1. The molecule has 4 aromatic rings. The summed E-state index contributed by atoms with van der Waals surface area (Å²) in [5.41, 5.74) is 1.85. The fraction of sp³-hybridized carbons (Fsp3) is 0.300. The molecule has 1 fully saturated rings. The SMILES string of the molecule is CC(C)c1nc(CN=Nc2ncc(F)c(N3CCOCC3)n2)ccc1Nc1cc(-c2cccc(O)c2)cc(C(F)(F)F)c1. The number of anilines is 3. The van der Waals surface area contributed by atoms with Gasteiger partial charge in [-0.15, -0.1) is 5.11 Å². The van der Waals surface area contributed by atoms with E-state index in [-0.39, 0.29) is 35.7 Å². The largest absolute Gasteiger partial charge is 0.508 e. The summed E-state index contributed by atoms with van der Waals surface area (Å²) < 4.78 is 60.9. The zero-order valence-electron chi connectivity index (χ0n) is 23.4. The fourth-order valence-corrected chi connectivity index (χ4v) is 4.59. The van der Waals surface area contributed by atoms with E-state index < -0.39 is 17.6 Å². The van der Waals surface area contributed by atoms with E-state index in [1.54, 1.807) is 35.2 Å². The van der Waals surface area contributed by atoms with Gasteiger partial charge in [-0.3, -0.25) is 4.98 Å². The van der Waals surface area contributed by atoms with Gasteiger partial charge in [0, 0.05) is 18.8 Å². The van der Waals surface area contributed by atoms with Gasteiger partial charge in [0.1, 0.15) is 12.3 Å². The van der Waals surface area contributed by atoms with Crippen molar-refractivity contribution < 1.29 is 27.4 Å². The van der Waals surface area contributed by atoms with Crippen LogP contribution in [-0.4, -0.2) is 46.4 Å². The number of aromatic nitrogens is 3. The van der Waals surface area contributed by atoms with Gasteiger partial charge in [0.2, 0.25) is 0 Å². The van der Waals surface area contributed by atoms with Gasteiger partial charge in [-0.25, -0.2) is 9.37 Å². The van der Waals surface area contributed by atoms with Crippen LogP contribution in [0, 0.1) is 5.82 Å². The van der Waals surface area contributed by atoms with Crippen molar-refractivity contribution in [2.45, 2.75) is 32.5 Å². The summed E-state index contributed by atoms with van der Waals surface area (Å²) in [7, 11) is 0. The lowest BCUT2D eigenvalue weighted by atomic mass is 10.0. The molecule has 0 amide bonds. The highest BCUT2D eigenvalue weighted by molar-refractivity contribution is 5.73. The first-order valence-electron chi connectivity index (χ1n) is 13.6. The van der Waals surface area contributed by atoms with Crippen LogP contribution in [0.1, 0.15) is 36.7 Å². The predicted octanol–water partition coefficient (Wildman–Crippen LogP) is 7.39. The number of hydrogen-bond donors (Lipinski definition) is 2. The van der Waals surface area contributed by atoms with E-state index in [0.29, 0.717) is 54.5 Å². The monoisotopic (exact) mass is 595 g/mol. The van der Waals surface area contributed by atoms with Gasteiger partial charge in [0.05, 0.1) is 42.0 Å². The molecule has 9 nitrogen and oxygen atoms in total. The van der Waals surface area contributed by atoms with E-state index in [9.17, 15) is 22.7 Å². The minimum Gasteiger partial charge on any atom is -0.508 e. The van der Waals surface area contributed by atoms with Crippen LogP contribution in [0.25, 0.3) is 11.1 Å². The number of hydrogen-bond acceptors (Lipinski definition) is 9. The Morgan fingerprint density at radius 2 is 1.81 bits per heavy atom. The first-order chi connectivity index (χ1) is 20.6. The highest BCUT2D eigenvalue weighted by Gasteiger charge is 2.31. The van der Waals surface area contributed by atoms with Crippen molar-refractivity contribution >= 4 is 23.1 Å². The van der Waals surface area contributed by atoms with Crippen LogP contribution in [0.5, 0.6) is 5.75 Å². The number of ether oxygens (including phenoxy) is 1. The number of nitrogens with zero attached hydrogens (tertiary/aromatic N) is 6. The molecule has 0 aliphatic carbocycles. The van der Waals surface area contributed by atoms with Crippen LogP contribution in [0.15, 0.2) is 71.0 Å². The first kappa shape index (κ1) is 29.8. The van der Waals surface area contributed by atoms with E-state index in [1.807, 2.05) is 13.8 Å². The lowest BCUT2D eigenvalue weighted by Gasteiger charge is -2.27. The van der Waals surface area contributed by atoms with Crippen LogP contribution in [0.3, 0.4) is 0 Å². The summed E-state index contributed by atoms with van der Waals surface area (Å²) in [5, 5.41) is 21.1. The Morgan fingerprint density at radius 1 is 1.02 bits per heavy atom. The average Bonchev–Trinajstić information content (AvgIpc) is 2.98. The number of pyridine rings is 1. The number of nitrogens with one attached hydrogen (secondary N) is 1. The van der Waals surface area contributed by atoms with E-state index in [4.69, 9.17) is 4.74 Å². The summed E-state index contributed by atoms with van der Waals surface area (Å²) in [6, 6.07) is 13.1. The molecule has 0 saturated carbocycles. The van der Waals surface area contributed by atoms with Crippen molar-refractivity contribution in [3.63, 3.8) is 0 Å². The molecule has 0 unspecified atom stereocenters. The summed E-state index contributed by atoms with van der Waals surface area (Å²) >= 11 is 0. The average molecular weight is 596 g/mol. The number of rotatable bonds is 8. The molecule has 5 rings (SSSR count). The second-order valence-electron chi connectivity index (χ2n) is 10.2.